The number of ether oxygens (including phenoxy) is 4. The molecule has 0 aliphatic rings. The fraction of sp³-hybridized carbons (Fsp3) is 0.263. The van der Waals surface area contributed by atoms with E-state index in [-0.39, 0.29) is 0 Å². The van der Waals surface area contributed by atoms with Crippen LogP contribution in [0.25, 0.3) is 11.5 Å². The maximum absolute atomic E-state index is 5.74. The highest BCUT2D eigenvalue weighted by Gasteiger charge is 2.17. The van der Waals surface area contributed by atoms with E-state index in [1.807, 2.05) is 24.3 Å². The van der Waals surface area contributed by atoms with Gasteiger partial charge >= 0.3 is 0 Å². The molecule has 9 heteroatoms. The number of hydrogen-bond donors (Lipinski definition) is 0. The third-order valence-electron chi connectivity index (χ3n) is 3.69. The van der Waals surface area contributed by atoms with Crippen LogP contribution in [0.3, 0.4) is 0 Å². The van der Waals surface area contributed by atoms with Gasteiger partial charge in [0.2, 0.25) is 11.6 Å². The number of halogens is 1. The van der Waals surface area contributed by atoms with Gasteiger partial charge in [-0.25, -0.2) is 0 Å². The molecule has 0 spiro atoms. The minimum atomic E-state index is 0.370. The molecule has 148 valence electrons. The molecule has 0 bridgehead atoms. The summed E-state index contributed by atoms with van der Waals surface area (Å²) in [6, 6.07) is 11.2. The molecule has 0 N–H and O–H groups in total. The molecule has 0 saturated heterocycles. The van der Waals surface area contributed by atoms with Gasteiger partial charge in [0.25, 0.3) is 5.22 Å². The van der Waals surface area contributed by atoms with Crippen molar-refractivity contribution in [2.24, 2.45) is 0 Å². The van der Waals surface area contributed by atoms with Gasteiger partial charge in [-0.1, -0.05) is 33.8 Å². The Morgan fingerprint density at radius 3 is 2.39 bits per heavy atom. The van der Waals surface area contributed by atoms with Crippen LogP contribution in [0.2, 0.25) is 0 Å². The molecule has 0 saturated carbocycles. The Kier molecular flexibility index (Phi) is 7.05. The van der Waals surface area contributed by atoms with Crippen molar-refractivity contribution >= 4 is 27.7 Å². The third kappa shape index (κ3) is 4.90. The molecule has 0 amide bonds. The maximum Gasteiger partial charge on any atom is 0.276 e. The molecule has 28 heavy (non-hydrogen) atoms. The Morgan fingerprint density at radius 2 is 1.75 bits per heavy atom. The van der Waals surface area contributed by atoms with Gasteiger partial charge in [-0.2, -0.15) is 0 Å². The summed E-state index contributed by atoms with van der Waals surface area (Å²) >= 11 is 4.84. The topological polar surface area (TPSA) is 75.8 Å². The van der Waals surface area contributed by atoms with E-state index >= 15 is 0 Å². The molecule has 0 atom stereocenters. The number of hydrogen-bond acceptors (Lipinski definition) is 8. The first-order valence-electron chi connectivity index (χ1n) is 8.29. The minimum Gasteiger partial charge on any atom is -0.493 e. The van der Waals surface area contributed by atoms with Crippen molar-refractivity contribution in [1.82, 2.24) is 10.2 Å². The van der Waals surface area contributed by atoms with Gasteiger partial charge in [0, 0.05) is 15.8 Å². The van der Waals surface area contributed by atoms with E-state index in [0.717, 1.165) is 10.2 Å². The third-order valence-corrected chi connectivity index (χ3v) is 4.97. The zero-order valence-corrected chi connectivity index (χ0v) is 18.0. The first kappa shape index (κ1) is 20.3. The zero-order chi connectivity index (χ0) is 19.9. The average molecular weight is 467 g/mol. The molecule has 0 radical (unpaired) electrons. The molecule has 7 nitrogen and oxygen atoms in total. The van der Waals surface area contributed by atoms with Crippen LogP contribution in [0.4, 0.5) is 0 Å². The first-order valence-corrected chi connectivity index (χ1v) is 10.1. The van der Waals surface area contributed by atoms with Gasteiger partial charge < -0.3 is 23.4 Å². The second kappa shape index (κ2) is 9.70. The van der Waals surface area contributed by atoms with Crippen molar-refractivity contribution in [3.63, 3.8) is 0 Å². The Labute approximate surface area is 175 Å². The second-order valence-electron chi connectivity index (χ2n) is 5.44. The molecule has 0 fully saturated rings. The van der Waals surface area contributed by atoms with Gasteiger partial charge in [0.05, 0.1) is 27.9 Å². The number of benzene rings is 2. The van der Waals surface area contributed by atoms with E-state index in [1.165, 1.54) is 11.8 Å². The van der Waals surface area contributed by atoms with Gasteiger partial charge in [-0.05, 0) is 30.3 Å². The van der Waals surface area contributed by atoms with E-state index in [4.69, 9.17) is 23.4 Å². The summed E-state index contributed by atoms with van der Waals surface area (Å²) in [4.78, 5) is 0. The molecule has 0 aliphatic carbocycles. The standard InChI is InChI=1S/C19H19BrN2O5S/c1-23-15-9-12(10-16(24-2)17(15)25-3)18-21-22-19(27-18)28-8-7-26-14-6-4-5-13(20)11-14/h4-6,9-11H,7-8H2,1-3H3. The van der Waals surface area contributed by atoms with Gasteiger partial charge in [-0.3, -0.25) is 0 Å². The lowest BCUT2D eigenvalue weighted by Gasteiger charge is -2.12. The van der Waals surface area contributed by atoms with Crippen LogP contribution in [-0.2, 0) is 0 Å². The van der Waals surface area contributed by atoms with E-state index in [0.29, 0.717) is 46.3 Å². The van der Waals surface area contributed by atoms with Crippen LogP contribution in [-0.4, -0.2) is 43.9 Å². The van der Waals surface area contributed by atoms with E-state index in [9.17, 15) is 0 Å². The highest BCUT2D eigenvalue weighted by atomic mass is 79.9. The zero-order valence-electron chi connectivity index (χ0n) is 15.6. The quantitative estimate of drug-likeness (QED) is 0.331. The summed E-state index contributed by atoms with van der Waals surface area (Å²) in [5, 5.41) is 8.64. The number of thioether (sulfide) groups is 1. The lowest BCUT2D eigenvalue weighted by atomic mass is 10.2. The predicted octanol–water partition coefficient (Wildman–Crippen LogP) is 4.70. The summed E-state index contributed by atoms with van der Waals surface area (Å²) in [6.45, 7) is 0.517. The van der Waals surface area contributed by atoms with Crippen molar-refractivity contribution < 1.29 is 23.4 Å². The van der Waals surface area contributed by atoms with Gasteiger partial charge in [0.15, 0.2) is 11.5 Å². The molecule has 3 aromatic rings. The van der Waals surface area contributed by atoms with Crippen LogP contribution < -0.4 is 18.9 Å². The minimum absolute atomic E-state index is 0.370. The summed E-state index contributed by atoms with van der Waals surface area (Å²) in [5.41, 5.74) is 0.680. The fourth-order valence-corrected chi connectivity index (χ4v) is 3.39. The van der Waals surface area contributed by atoms with Crippen LogP contribution in [0.15, 0.2) is 50.5 Å². The smallest absolute Gasteiger partial charge is 0.276 e. The largest absolute Gasteiger partial charge is 0.493 e. The van der Waals surface area contributed by atoms with Gasteiger partial charge in [0.1, 0.15) is 5.75 Å². The van der Waals surface area contributed by atoms with Gasteiger partial charge in [-0.15, -0.1) is 10.2 Å². The molecule has 0 unspecified atom stereocenters. The molecule has 0 aliphatic heterocycles. The number of nitrogens with zero attached hydrogens (tertiary/aromatic N) is 2. The van der Waals surface area contributed by atoms with Crippen LogP contribution in [0.1, 0.15) is 0 Å². The highest BCUT2D eigenvalue weighted by Crippen LogP contribution is 2.41. The molecule has 1 aromatic heterocycles. The van der Waals surface area contributed by atoms with Crippen molar-refractivity contribution in [3.8, 4) is 34.5 Å². The maximum atomic E-state index is 5.74. The average Bonchev–Trinajstić information content (AvgIpc) is 3.19. The van der Waals surface area contributed by atoms with E-state index in [1.54, 1.807) is 33.5 Å². The second-order valence-corrected chi connectivity index (χ2v) is 7.40. The van der Waals surface area contributed by atoms with Crippen molar-refractivity contribution in [2.75, 3.05) is 33.7 Å². The number of rotatable bonds is 9. The Hall–Kier alpha value is -2.39. The summed E-state index contributed by atoms with van der Waals surface area (Å²) in [7, 11) is 4.67. The molecular formula is C19H19BrN2O5S. The fourth-order valence-electron chi connectivity index (χ4n) is 2.43. The Morgan fingerprint density at radius 1 is 1.00 bits per heavy atom. The summed E-state index contributed by atoms with van der Waals surface area (Å²) < 4.78 is 28.5. The predicted molar refractivity (Wildman–Crippen MR) is 110 cm³/mol. The first-order chi connectivity index (χ1) is 13.6. The Balaban J connectivity index is 1.63. The number of aromatic nitrogens is 2. The highest BCUT2D eigenvalue weighted by molar-refractivity contribution is 9.10. The summed E-state index contributed by atoms with van der Waals surface area (Å²) in [6.07, 6.45) is 0. The Bertz CT molecular complexity index is 909. The van der Waals surface area contributed by atoms with E-state index < -0.39 is 0 Å². The van der Waals surface area contributed by atoms with Crippen LogP contribution in [0, 0.1) is 0 Å². The lowest BCUT2D eigenvalue weighted by molar-refractivity contribution is 0.324. The SMILES string of the molecule is COc1cc(-c2nnc(SCCOc3cccc(Br)c3)o2)cc(OC)c1OC. The van der Waals surface area contributed by atoms with Crippen LogP contribution in [0.5, 0.6) is 23.0 Å². The van der Waals surface area contributed by atoms with Crippen LogP contribution >= 0.6 is 27.7 Å². The number of methoxy groups -OCH3 is 3. The van der Waals surface area contributed by atoms with E-state index in [2.05, 4.69) is 26.1 Å². The summed E-state index contributed by atoms with van der Waals surface area (Å²) in [5.74, 6) is 3.39. The molecule has 2 aromatic carbocycles. The molecular weight excluding hydrogens is 448 g/mol. The lowest BCUT2D eigenvalue weighted by Crippen LogP contribution is -1.99. The van der Waals surface area contributed by atoms with Crippen molar-refractivity contribution in [3.05, 3.63) is 40.9 Å². The van der Waals surface area contributed by atoms with Crippen molar-refractivity contribution in [2.45, 2.75) is 5.22 Å². The normalized spacial score (nSPS) is 10.6. The monoisotopic (exact) mass is 466 g/mol. The molecule has 1 heterocycles. The van der Waals surface area contributed by atoms with Crippen molar-refractivity contribution in [1.29, 1.82) is 0 Å². The molecule has 3 rings (SSSR count).